The van der Waals surface area contributed by atoms with Gasteiger partial charge in [-0.05, 0) is 138 Å². The van der Waals surface area contributed by atoms with Gasteiger partial charge in [-0.1, -0.05) is 121 Å². The number of fused-ring (bicyclic) bond motifs is 3. The third-order valence-corrected chi connectivity index (χ3v) is 19.2. The Hall–Kier alpha value is -11.0. The maximum absolute atomic E-state index is 13.3. The highest BCUT2D eigenvalue weighted by molar-refractivity contribution is 6.17. The summed E-state index contributed by atoms with van der Waals surface area (Å²) in [6.07, 6.45) is 1.64. The van der Waals surface area contributed by atoms with Crippen LogP contribution in [0.1, 0.15) is 71.2 Å². The molecule has 2 amide bonds. The van der Waals surface area contributed by atoms with Crippen molar-refractivity contribution in [2.75, 3.05) is 130 Å². The number of nitrogens with two attached hydrogens (primary N) is 1. The molecule has 556 valence electrons. The number of aromatic nitrogens is 6. The Bertz CT molecular complexity index is 5290. The number of hydrogen-bond donors (Lipinski definition) is 6. The Morgan fingerprint density at radius 1 is 0.435 bits per heavy atom. The van der Waals surface area contributed by atoms with Crippen molar-refractivity contribution in [2.45, 2.75) is 37.6 Å². The number of alkyl halides is 3. The first-order chi connectivity index (χ1) is 52.7. The minimum absolute atomic E-state index is 0.153. The molecule has 0 saturated carbocycles. The number of nitrogen functional groups attached to an aromatic ring is 1. The van der Waals surface area contributed by atoms with Crippen LogP contribution in [0.5, 0.6) is 5.75 Å². The van der Waals surface area contributed by atoms with Crippen LogP contribution in [0, 0.1) is 0 Å². The van der Waals surface area contributed by atoms with E-state index in [-0.39, 0.29) is 34.6 Å². The first-order valence-electron chi connectivity index (χ1n) is 35.5. The number of nitrogens with zero attached hydrogens (tertiary/aromatic N) is 7. The molecule has 0 atom stereocenters. The normalized spacial score (nSPS) is 13.6. The second kappa shape index (κ2) is 37.5. The first kappa shape index (κ1) is 76.7. The standard InChI is InChI=1S/C29H31N5O3.C27H25ClN4O3.C19H20N4O2.C8H8Cl2O/c1-33(2)19-21-6-5-7-22(16-21)28(35)30-26-18-20(10-11-27(26)34-12-14-37-15-13-34)17-25-23-8-3-4-9-24(23)29(36)32-31-25;28-17-19-4-3-5-20(14-19)26(33)29-24-16-18(8-9-25(24)32-10-12-35-13-11-32)15-23-21-6-1-2-7-22(21)27(34)31-30-23;20-16-11-13(5-6-18(16)23-7-9-25-10-8-23)12-17-14-3-1-2-4-15(14)19(24)22-21-17;9-5-7-2-1-3-8(4-7)11-6-10/h3-11,16,18H,12-15,17,19H2,1-2H3,(H,30,35)(H,32,36);1-9,14,16H,10-13,15,17H2,(H,29,33)(H,31,34);1-6,11H,7-10,12,20H2,(H,22,24);1-4H,5-6H2. The van der Waals surface area contributed by atoms with Gasteiger partial charge in [-0.15, -0.1) is 23.2 Å². The van der Waals surface area contributed by atoms with Gasteiger partial charge in [0.2, 0.25) is 0 Å². The van der Waals surface area contributed by atoms with Gasteiger partial charge in [-0.3, -0.25) is 24.0 Å². The molecule has 3 aliphatic heterocycles. The van der Waals surface area contributed by atoms with E-state index in [2.05, 4.69) is 79.0 Å². The van der Waals surface area contributed by atoms with Crippen LogP contribution in [0.15, 0.2) is 215 Å². The molecule has 0 radical (unpaired) electrons. The largest absolute Gasteiger partial charge is 0.478 e. The first-order valence-corrected chi connectivity index (χ1v) is 37.2. The Labute approximate surface area is 639 Å². The number of halogens is 3. The number of amides is 2. The van der Waals surface area contributed by atoms with Gasteiger partial charge < -0.3 is 54.9 Å². The van der Waals surface area contributed by atoms with Gasteiger partial charge in [0.05, 0.1) is 107 Å². The fourth-order valence-corrected chi connectivity index (χ4v) is 13.7. The minimum atomic E-state index is -0.209. The van der Waals surface area contributed by atoms with E-state index in [9.17, 15) is 24.0 Å². The van der Waals surface area contributed by atoms with E-state index >= 15 is 0 Å². The van der Waals surface area contributed by atoms with Crippen molar-refractivity contribution < 1.29 is 28.5 Å². The van der Waals surface area contributed by atoms with E-state index in [1.807, 2.05) is 172 Å². The van der Waals surface area contributed by atoms with Crippen molar-refractivity contribution >= 4 is 113 Å². The molecule has 25 heteroatoms. The summed E-state index contributed by atoms with van der Waals surface area (Å²) in [5.74, 6) is 1.25. The van der Waals surface area contributed by atoms with Crippen LogP contribution < -0.4 is 52.5 Å². The van der Waals surface area contributed by atoms with Crippen LogP contribution in [0.2, 0.25) is 0 Å². The van der Waals surface area contributed by atoms with Crippen molar-refractivity contribution in [3.63, 3.8) is 0 Å². The number of benzene rings is 9. The number of carbonyl (C=O) groups is 2. The molecule has 3 fully saturated rings. The van der Waals surface area contributed by atoms with Gasteiger partial charge in [0.15, 0.2) is 6.07 Å². The Kier molecular flexibility index (Phi) is 26.7. The molecular formula is C83H84Cl3N13O9. The number of nitrogens with one attached hydrogen (secondary N) is 5. The molecule has 0 bridgehead atoms. The maximum atomic E-state index is 13.3. The molecule has 0 spiro atoms. The lowest BCUT2D eigenvalue weighted by Crippen LogP contribution is -2.36. The zero-order valence-electron chi connectivity index (χ0n) is 60.0. The number of H-pyrrole nitrogens is 3. The van der Waals surface area contributed by atoms with Gasteiger partial charge in [0.25, 0.3) is 28.5 Å². The molecule has 22 nitrogen and oxygen atoms in total. The van der Waals surface area contributed by atoms with Crippen LogP contribution in [0.3, 0.4) is 0 Å². The fraction of sp³-hybridized carbons (Fsp3) is 0.253. The van der Waals surface area contributed by atoms with Crippen molar-refractivity contribution in [2.24, 2.45) is 0 Å². The van der Waals surface area contributed by atoms with E-state index in [1.54, 1.807) is 24.3 Å². The second-order valence-corrected chi connectivity index (χ2v) is 27.0. The highest BCUT2D eigenvalue weighted by atomic mass is 35.5. The average Bonchev–Trinajstić information content (AvgIpc) is 0.807. The van der Waals surface area contributed by atoms with Gasteiger partial charge in [0, 0.05) is 104 Å². The predicted molar refractivity (Wildman–Crippen MR) is 431 cm³/mol. The van der Waals surface area contributed by atoms with Crippen molar-refractivity contribution in [1.29, 1.82) is 0 Å². The second-order valence-electron chi connectivity index (χ2n) is 26.3. The van der Waals surface area contributed by atoms with E-state index in [1.165, 1.54) is 0 Å². The molecule has 6 heterocycles. The predicted octanol–water partition coefficient (Wildman–Crippen LogP) is 12.9. The summed E-state index contributed by atoms with van der Waals surface area (Å²) in [6, 6.07) is 63.4. The zero-order chi connectivity index (χ0) is 75.3. The van der Waals surface area contributed by atoms with Crippen molar-refractivity contribution in [3.05, 3.63) is 293 Å². The van der Waals surface area contributed by atoms with Gasteiger partial charge in [-0.2, -0.15) is 15.3 Å². The van der Waals surface area contributed by atoms with Crippen molar-refractivity contribution in [3.8, 4) is 5.75 Å². The number of hydrogen-bond acceptors (Lipinski definition) is 17. The summed E-state index contributed by atoms with van der Waals surface area (Å²) >= 11 is 16.9. The molecule has 3 aliphatic rings. The molecule has 9 aromatic carbocycles. The van der Waals surface area contributed by atoms with E-state index in [4.69, 9.17) is 59.5 Å². The lowest BCUT2D eigenvalue weighted by molar-refractivity contribution is 0.101. The topological polar surface area (TPSA) is 271 Å². The average molecular weight is 1510 g/mol. The van der Waals surface area contributed by atoms with Gasteiger partial charge >= 0.3 is 0 Å². The smallest absolute Gasteiger partial charge is 0.272 e. The lowest BCUT2D eigenvalue weighted by Gasteiger charge is -2.31. The molecule has 3 saturated heterocycles. The molecule has 0 unspecified atom stereocenters. The number of morpholine rings is 3. The van der Waals surface area contributed by atoms with Gasteiger partial charge in [-0.25, -0.2) is 15.3 Å². The van der Waals surface area contributed by atoms with E-state index in [0.29, 0.717) is 84.7 Å². The summed E-state index contributed by atoms with van der Waals surface area (Å²) in [5, 5.41) is 31.3. The summed E-state index contributed by atoms with van der Waals surface area (Å²) in [7, 11) is 4.01. The fourth-order valence-electron chi connectivity index (χ4n) is 13.2. The molecule has 7 N–H and O–H groups in total. The van der Waals surface area contributed by atoms with Gasteiger partial charge in [0.1, 0.15) is 5.75 Å². The number of rotatable bonds is 19. The number of ether oxygens (including phenoxy) is 4. The Balaban J connectivity index is 0.000000143. The molecule has 0 aliphatic carbocycles. The van der Waals surface area contributed by atoms with Crippen LogP contribution in [-0.2, 0) is 51.8 Å². The Morgan fingerprint density at radius 2 is 0.796 bits per heavy atom. The summed E-state index contributed by atoms with van der Waals surface area (Å²) in [4.78, 5) is 71.6. The van der Waals surface area contributed by atoms with E-state index < -0.39 is 0 Å². The number of carbonyl (C=O) groups excluding carboxylic acids is 2. The number of aromatic amines is 3. The summed E-state index contributed by atoms with van der Waals surface area (Å²) < 4.78 is 21.5. The molecule has 108 heavy (non-hydrogen) atoms. The number of anilines is 6. The van der Waals surface area contributed by atoms with Crippen LogP contribution in [0.25, 0.3) is 32.3 Å². The molecule has 12 aromatic rings. The van der Waals surface area contributed by atoms with E-state index in [0.717, 1.165) is 166 Å². The highest BCUT2D eigenvalue weighted by Crippen LogP contribution is 2.34. The third kappa shape index (κ3) is 20.0. The molecule has 15 rings (SSSR count). The minimum Gasteiger partial charge on any atom is -0.478 e. The highest BCUT2D eigenvalue weighted by Gasteiger charge is 2.22. The lowest BCUT2D eigenvalue weighted by atomic mass is 10.0. The SMILES string of the molecule is CN(C)Cc1cccc(C(=O)Nc2cc(Cc3n[nH]c(=O)c4ccccc34)ccc2N2CCOCC2)c1.ClCOc1cccc(CCl)c1.Nc1cc(Cc2n[nH]c(=O)c3ccccc23)ccc1N1CCOCC1.O=C(Nc1cc(Cc2n[nH]c(=O)c3ccccc23)ccc1N1CCOCC1)c1cccc(CCl)c1. The monoisotopic (exact) mass is 1510 g/mol. The summed E-state index contributed by atoms with van der Waals surface area (Å²) in [5.41, 5.74) is 20.5. The molecular weight excluding hydrogens is 1430 g/mol. The van der Waals surface area contributed by atoms with Crippen LogP contribution in [-0.4, -0.2) is 146 Å². The van der Waals surface area contributed by atoms with Crippen LogP contribution >= 0.6 is 34.8 Å². The third-order valence-electron chi connectivity index (χ3n) is 18.5. The van der Waals surface area contributed by atoms with Crippen molar-refractivity contribution in [1.82, 2.24) is 35.5 Å². The van der Waals surface area contributed by atoms with Crippen LogP contribution in [0.4, 0.5) is 34.1 Å². The summed E-state index contributed by atoms with van der Waals surface area (Å²) in [6.45, 7) is 9.51. The quantitative estimate of drug-likeness (QED) is 0.0324. The molecule has 3 aromatic heterocycles. The maximum Gasteiger partial charge on any atom is 0.272 e. The Morgan fingerprint density at radius 3 is 1.19 bits per heavy atom. The zero-order valence-corrected chi connectivity index (χ0v) is 62.3.